The lowest BCUT2D eigenvalue weighted by molar-refractivity contribution is -0.313. The number of aliphatic carboxylic acids is 1. The van der Waals surface area contributed by atoms with Crippen molar-refractivity contribution in [2.45, 2.75) is 32.0 Å². The van der Waals surface area contributed by atoms with E-state index in [0.29, 0.717) is 23.6 Å². The van der Waals surface area contributed by atoms with Gasteiger partial charge in [0.15, 0.2) is 0 Å². The minimum absolute atomic E-state index is 0.336. The van der Waals surface area contributed by atoms with Crippen LogP contribution in [-0.2, 0) is 14.3 Å². The van der Waals surface area contributed by atoms with Gasteiger partial charge in [0, 0.05) is 22.6 Å². The molecule has 0 spiro atoms. The normalized spacial score (nSPS) is 30.4. The molecule has 5 nitrogen and oxygen atoms in total. The molecule has 2 aliphatic heterocycles. The summed E-state index contributed by atoms with van der Waals surface area (Å²) in [5.74, 6) is -3.14. The molecule has 112 valence electrons. The first-order chi connectivity index (χ1) is 9.97. The van der Waals surface area contributed by atoms with Crippen molar-refractivity contribution in [1.82, 2.24) is 0 Å². The molecule has 1 amide bonds. The summed E-state index contributed by atoms with van der Waals surface area (Å²) in [7, 11) is 0. The van der Waals surface area contributed by atoms with Crippen molar-refractivity contribution in [3.63, 3.8) is 0 Å². The van der Waals surface area contributed by atoms with Crippen LogP contribution in [0.3, 0.4) is 0 Å². The molecular formula is C15H15ClNO4-. The molecular weight excluding hydrogens is 294 g/mol. The first kappa shape index (κ1) is 14.4. The Hall–Kier alpha value is -1.59. The van der Waals surface area contributed by atoms with Crippen molar-refractivity contribution in [2.75, 3.05) is 5.32 Å². The quantitative estimate of drug-likeness (QED) is 0.908. The standard InChI is InChI=1S/C15H16ClNO4/c1-7-2-3-8(16)6-9(7)17-14(18)12-10-4-5-11(21-10)13(12)15(19)20/h2-3,6,10-13H,4-5H2,1H3,(H,17,18)(H,19,20)/p-1/t10-,11+,12-,13+/m1/s1. The van der Waals surface area contributed by atoms with E-state index in [4.69, 9.17) is 16.3 Å². The molecule has 0 radical (unpaired) electrons. The molecule has 2 bridgehead atoms. The molecule has 21 heavy (non-hydrogen) atoms. The van der Waals surface area contributed by atoms with Crippen LogP contribution in [0.5, 0.6) is 0 Å². The zero-order chi connectivity index (χ0) is 15.1. The average molecular weight is 309 g/mol. The highest BCUT2D eigenvalue weighted by atomic mass is 35.5. The van der Waals surface area contributed by atoms with Crippen LogP contribution in [0.2, 0.25) is 5.02 Å². The van der Waals surface area contributed by atoms with Crippen LogP contribution in [0.25, 0.3) is 0 Å². The van der Waals surface area contributed by atoms with Crippen molar-refractivity contribution < 1.29 is 19.4 Å². The van der Waals surface area contributed by atoms with Gasteiger partial charge >= 0.3 is 0 Å². The van der Waals surface area contributed by atoms with Crippen molar-refractivity contribution >= 4 is 29.2 Å². The number of halogens is 1. The van der Waals surface area contributed by atoms with Gasteiger partial charge in [-0.3, -0.25) is 4.79 Å². The summed E-state index contributed by atoms with van der Waals surface area (Å²) in [6, 6.07) is 5.18. The van der Waals surface area contributed by atoms with Crippen LogP contribution in [0.4, 0.5) is 5.69 Å². The van der Waals surface area contributed by atoms with E-state index in [-0.39, 0.29) is 12.0 Å². The van der Waals surface area contributed by atoms with E-state index in [1.54, 1.807) is 18.2 Å². The van der Waals surface area contributed by atoms with Crippen LogP contribution >= 0.6 is 11.6 Å². The largest absolute Gasteiger partial charge is 0.550 e. The van der Waals surface area contributed by atoms with Gasteiger partial charge in [0.05, 0.1) is 18.1 Å². The Morgan fingerprint density at radius 1 is 1.29 bits per heavy atom. The Morgan fingerprint density at radius 2 is 1.95 bits per heavy atom. The average Bonchev–Trinajstić information content (AvgIpc) is 3.03. The van der Waals surface area contributed by atoms with E-state index in [2.05, 4.69) is 5.32 Å². The second kappa shape index (κ2) is 5.31. The Morgan fingerprint density at radius 3 is 2.62 bits per heavy atom. The molecule has 2 heterocycles. The van der Waals surface area contributed by atoms with Gasteiger partial charge in [-0.25, -0.2) is 0 Å². The summed E-state index contributed by atoms with van der Waals surface area (Å²) in [6.07, 6.45) is 0.637. The van der Waals surface area contributed by atoms with Crippen LogP contribution in [0.1, 0.15) is 18.4 Å². The number of anilines is 1. The van der Waals surface area contributed by atoms with Gasteiger partial charge in [-0.1, -0.05) is 17.7 Å². The number of amides is 1. The summed E-state index contributed by atoms with van der Waals surface area (Å²) >= 11 is 5.92. The maximum atomic E-state index is 12.5. The number of benzene rings is 1. The summed E-state index contributed by atoms with van der Waals surface area (Å²) in [4.78, 5) is 23.7. The Bertz CT molecular complexity index is 603. The lowest BCUT2D eigenvalue weighted by Crippen LogP contribution is -2.46. The SMILES string of the molecule is Cc1ccc(Cl)cc1NC(=O)[C@H]1[C@@H](C(=O)[O-])[C@@H]2CC[C@H]1O2. The van der Waals surface area contributed by atoms with Gasteiger partial charge < -0.3 is 20.0 Å². The monoisotopic (exact) mass is 308 g/mol. The zero-order valence-electron chi connectivity index (χ0n) is 11.5. The molecule has 1 N–H and O–H groups in total. The van der Waals surface area contributed by atoms with E-state index < -0.39 is 23.9 Å². The number of fused-ring (bicyclic) bond motifs is 2. The molecule has 2 saturated heterocycles. The van der Waals surface area contributed by atoms with Crippen molar-refractivity contribution in [3.05, 3.63) is 28.8 Å². The second-order valence-corrected chi connectivity index (χ2v) is 6.05. The highest BCUT2D eigenvalue weighted by molar-refractivity contribution is 6.31. The van der Waals surface area contributed by atoms with Crippen molar-refractivity contribution in [2.24, 2.45) is 11.8 Å². The first-order valence-corrected chi connectivity index (χ1v) is 7.28. The van der Waals surface area contributed by atoms with Gasteiger partial charge in [0.25, 0.3) is 0 Å². The van der Waals surface area contributed by atoms with Gasteiger partial charge in [0.1, 0.15) is 0 Å². The molecule has 3 rings (SSSR count). The number of aryl methyl sites for hydroxylation is 1. The third kappa shape index (κ3) is 2.51. The molecule has 4 atom stereocenters. The van der Waals surface area contributed by atoms with Crippen LogP contribution in [0, 0.1) is 18.8 Å². The van der Waals surface area contributed by atoms with Crippen LogP contribution < -0.4 is 10.4 Å². The topological polar surface area (TPSA) is 78.5 Å². The number of carbonyl (C=O) groups excluding carboxylic acids is 2. The highest BCUT2D eigenvalue weighted by Crippen LogP contribution is 2.43. The lowest BCUT2D eigenvalue weighted by atomic mass is 9.78. The number of ether oxygens (including phenoxy) is 1. The fourth-order valence-electron chi connectivity index (χ4n) is 3.26. The Labute approximate surface area is 127 Å². The smallest absolute Gasteiger partial charge is 0.230 e. The molecule has 0 aromatic heterocycles. The summed E-state index contributed by atoms with van der Waals surface area (Å²) in [6.45, 7) is 1.85. The minimum Gasteiger partial charge on any atom is -0.550 e. The third-order valence-corrected chi connectivity index (χ3v) is 4.54. The Kier molecular flexibility index (Phi) is 3.63. The lowest BCUT2D eigenvalue weighted by Gasteiger charge is -2.27. The van der Waals surface area contributed by atoms with E-state index >= 15 is 0 Å². The van der Waals surface area contributed by atoms with Gasteiger partial charge in [-0.2, -0.15) is 0 Å². The van der Waals surface area contributed by atoms with E-state index in [9.17, 15) is 14.7 Å². The molecule has 2 aliphatic rings. The van der Waals surface area contributed by atoms with E-state index in [1.807, 2.05) is 6.92 Å². The Balaban J connectivity index is 1.81. The molecule has 1 aromatic rings. The predicted octanol–water partition coefficient (Wildman–Crippen LogP) is 1.13. The number of hydrogen-bond donors (Lipinski definition) is 1. The predicted molar refractivity (Wildman–Crippen MR) is 74.7 cm³/mol. The number of carboxylic acids is 1. The number of carbonyl (C=O) groups is 2. The van der Waals surface area contributed by atoms with Crippen molar-refractivity contribution in [1.29, 1.82) is 0 Å². The second-order valence-electron chi connectivity index (χ2n) is 5.61. The number of nitrogens with one attached hydrogen (secondary N) is 1. The minimum atomic E-state index is -1.22. The number of hydrogen-bond acceptors (Lipinski definition) is 4. The molecule has 1 aromatic carbocycles. The molecule has 0 aliphatic carbocycles. The van der Waals surface area contributed by atoms with Crippen LogP contribution in [-0.4, -0.2) is 24.1 Å². The zero-order valence-corrected chi connectivity index (χ0v) is 12.2. The maximum Gasteiger partial charge on any atom is 0.230 e. The summed E-state index contributed by atoms with van der Waals surface area (Å²) < 4.78 is 5.56. The van der Waals surface area contributed by atoms with Crippen LogP contribution in [0.15, 0.2) is 18.2 Å². The van der Waals surface area contributed by atoms with Crippen molar-refractivity contribution in [3.8, 4) is 0 Å². The number of carboxylic acid groups (broad SMARTS) is 1. The first-order valence-electron chi connectivity index (χ1n) is 6.90. The van der Waals surface area contributed by atoms with Gasteiger partial charge in [-0.05, 0) is 37.5 Å². The molecule has 0 saturated carbocycles. The highest BCUT2D eigenvalue weighted by Gasteiger charge is 2.52. The fourth-order valence-corrected chi connectivity index (χ4v) is 3.43. The van der Waals surface area contributed by atoms with E-state index in [0.717, 1.165) is 5.56 Å². The molecule has 0 unspecified atom stereocenters. The molecule has 2 fully saturated rings. The molecule has 6 heteroatoms. The third-order valence-electron chi connectivity index (χ3n) is 4.31. The number of rotatable bonds is 3. The fraction of sp³-hybridized carbons (Fsp3) is 0.467. The van der Waals surface area contributed by atoms with Gasteiger partial charge in [-0.15, -0.1) is 0 Å². The van der Waals surface area contributed by atoms with Gasteiger partial charge in [0.2, 0.25) is 5.91 Å². The maximum absolute atomic E-state index is 12.5. The summed E-state index contributed by atoms with van der Waals surface area (Å²) in [5, 5.41) is 14.6. The summed E-state index contributed by atoms with van der Waals surface area (Å²) in [5.41, 5.74) is 1.45. The van der Waals surface area contributed by atoms with E-state index in [1.165, 1.54) is 0 Å².